The van der Waals surface area contributed by atoms with Gasteiger partial charge in [-0.3, -0.25) is 19.4 Å². The number of amides is 2. The fourth-order valence-corrected chi connectivity index (χ4v) is 5.52. The standard InChI is InChI=1S/C26H29N5O2/c27-18-20-8-10-21(11-9-20)30-15-5-14-29(16-17-30)19-24(32)31-23-7-2-1-6-22(23)28-25(33)26(31)12-3-4-13-26/h1-2,6-11H,3-5,12-17,19H2,(H,28,33). The van der Waals surface area contributed by atoms with E-state index in [0.29, 0.717) is 24.9 Å². The first kappa shape index (κ1) is 21.5. The second kappa shape index (κ2) is 8.87. The van der Waals surface area contributed by atoms with Crippen LogP contribution in [0.1, 0.15) is 37.7 Å². The van der Waals surface area contributed by atoms with Crippen LogP contribution in [0.2, 0.25) is 0 Å². The number of benzene rings is 2. The molecule has 1 spiro atoms. The van der Waals surface area contributed by atoms with Crippen molar-refractivity contribution in [3.63, 3.8) is 0 Å². The summed E-state index contributed by atoms with van der Waals surface area (Å²) < 4.78 is 0. The number of nitrogens with zero attached hydrogens (tertiary/aromatic N) is 4. The van der Waals surface area contributed by atoms with Gasteiger partial charge in [0.1, 0.15) is 5.54 Å². The van der Waals surface area contributed by atoms with Crippen molar-refractivity contribution < 1.29 is 9.59 Å². The lowest BCUT2D eigenvalue weighted by molar-refractivity contribution is -0.128. The van der Waals surface area contributed by atoms with E-state index in [1.807, 2.05) is 53.4 Å². The number of hydrogen-bond acceptors (Lipinski definition) is 5. The average molecular weight is 444 g/mol. The minimum Gasteiger partial charge on any atom is -0.370 e. The van der Waals surface area contributed by atoms with Gasteiger partial charge in [-0.15, -0.1) is 0 Å². The zero-order valence-electron chi connectivity index (χ0n) is 18.8. The van der Waals surface area contributed by atoms with Crippen molar-refractivity contribution in [2.75, 3.05) is 47.8 Å². The minimum atomic E-state index is -0.758. The summed E-state index contributed by atoms with van der Waals surface area (Å²) >= 11 is 0. The Bertz CT molecular complexity index is 1080. The Morgan fingerprint density at radius 3 is 2.48 bits per heavy atom. The fourth-order valence-electron chi connectivity index (χ4n) is 5.52. The van der Waals surface area contributed by atoms with E-state index >= 15 is 0 Å². The quantitative estimate of drug-likeness (QED) is 0.787. The van der Waals surface area contributed by atoms with Crippen LogP contribution in [0.4, 0.5) is 17.1 Å². The third kappa shape index (κ3) is 3.96. The van der Waals surface area contributed by atoms with Crippen molar-refractivity contribution in [2.45, 2.75) is 37.6 Å². The molecule has 2 aromatic rings. The molecule has 2 amide bonds. The van der Waals surface area contributed by atoms with Gasteiger partial charge in [0.15, 0.2) is 0 Å². The van der Waals surface area contributed by atoms with E-state index in [1.54, 1.807) is 0 Å². The molecule has 1 aliphatic carbocycles. The van der Waals surface area contributed by atoms with E-state index in [1.165, 1.54) is 0 Å². The molecule has 7 heteroatoms. The Morgan fingerprint density at radius 2 is 1.73 bits per heavy atom. The number of nitrogens with one attached hydrogen (secondary N) is 1. The van der Waals surface area contributed by atoms with Crippen molar-refractivity contribution in [1.29, 1.82) is 5.26 Å². The molecule has 170 valence electrons. The molecule has 0 aromatic heterocycles. The van der Waals surface area contributed by atoms with E-state index in [4.69, 9.17) is 5.26 Å². The van der Waals surface area contributed by atoms with Crippen LogP contribution < -0.4 is 15.1 Å². The Hall–Kier alpha value is -3.37. The van der Waals surface area contributed by atoms with Crippen molar-refractivity contribution in [1.82, 2.24) is 4.90 Å². The molecule has 2 heterocycles. The zero-order valence-corrected chi connectivity index (χ0v) is 18.8. The summed E-state index contributed by atoms with van der Waals surface area (Å²) in [6.07, 6.45) is 4.30. The van der Waals surface area contributed by atoms with E-state index in [-0.39, 0.29) is 11.8 Å². The molecular formula is C26H29N5O2. The summed E-state index contributed by atoms with van der Waals surface area (Å²) in [4.78, 5) is 33.2. The first-order valence-corrected chi connectivity index (χ1v) is 11.8. The van der Waals surface area contributed by atoms with Gasteiger partial charge in [0, 0.05) is 31.9 Å². The predicted octanol–water partition coefficient (Wildman–Crippen LogP) is 3.37. The van der Waals surface area contributed by atoms with Gasteiger partial charge in [0.2, 0.25) is 5.91 Å². The van der Waals surface area contributed by atoms with Gasteiger partial charge in [-0.1, -0.05) is 25.0 Å². The predicted molar refractivity (Wildman–Crippen MR) is 128 cm³/mol. The lowest BCUT2D eigenvalue weighted by Gasteiger charge is -2.45. The van der Waals surface area contributed by atoms with Crippen LogP contribution >= 0.6 is 0 Å². The van der Waals surface area contributed by atoms with Gasteiger partial charge in [-0.25, -0.2) is 0 Å². The largest absolute Gasteiger partial charge is 0.370 e. The van der Waals surface area contributed by atoms with Crippen LogP contribution in [0.15, 0.2) is 48.5 Å². The lowest BCUT2D eigenvalue weighted by Crippen LogP contribution is -2.62. The second-order valence-corrected chi connectivity index (χ2v) is 9.21. The Labute approximate surface area is 194 Å². The van der Waals surface area contributed by atoms with Crippen LogP contribution in [-0.4, -0.2) is 55.0 Å². The number of fused-ring (bicyclic) bond motifs is 1. The molecule has 1 saturated carbocycles. The number of carbonyl (C=O) groups excluding carboxylic acids is 2. The molecule has 0 bridgehead atoms. The molecule has 1 N–H and O–H groups in total. The van der Waals surface area contributed by atoms with E-state index in [9.17, 15) is 9.59 Å². The number of nitriles is 1. The summed E-state index contributed by atoms with van der Waals surface area (Å²) in [5, 5.41) is 12.1. The fraction of sp³-hybridized carbons (Fsp3) is 0.423. The minimum absolute atomic E-state index is 0.00558. The van der Waals surface area contributed by atoms with Crippen LogP contribution in [0.5, 0.6) is 0 Å². The molecule has 2 fully saturated rings. The van der Waals surface area contributed by atoms with Gasteiger partial charge in [0.25, 0.3) is 5.91 Å². The van der Waals surface area contributed by atoms with Crippen LogP contribution in [0.25, 0.3) is 0 Å². The molecule has 3 aliphatic rings. The topological polar surface area (TPSA) is 79.7 Å². The average Bonchev–Trinajstić information content (AvgIpc) is 3.20. The maximum Gasteiger partial charge on any atom is 0.250 e. The van der Waals surface area contributed by atoms with E-state index in [0.717, 1.165) is 62.5 Å². The second-order valence-electron chi connectivity index (χ2n) is 9.21. The lowest BCUT2D eigenvalue weighted by atomic mass is 9.89. The number of para-hydroxylation sites is 2. The van der Waals surface area contributed by atoms with Crippen molar-refractivity contribution in [2.24, 2.45) is 0 Å². The molecule has 7 nitrogen and oxygen atoms in total. The van der Waals surface area contributed by atoms with Gasteiger partial charge in [-0.2, -0.15) is 5.26 Å². The van der Waals surface area contributed by atoms with E-state index < -0.39 is 5.54 Å². The highest BCUT2D eigenvalue weighted by molar-refractivity contribution is 6.15. The highest BCUT2D eigenvalue weighted by atomic mass is 16.2. The number of carbonyl (C=O) groups is 2. The van der Waals surface area contributed by atoms with Gasteiger partial charge >= 0.3 is 0 Å². The van der Waals surface area contributed by atoms with Crippen LogP contribution in [-0.2, 0) is 9.59 Å². The molecular weight excluding hydrogens is 414 g/mol. The Morgan fingerprint density at radius 1 is 0.970 bits per heavy atom. The van der Waals surface area contributed by atoms with Crippen molar-refractivity contribution in [3.8, 4) is 6.07 Å². The van der Waals surface area contributed by atoms with Crippen LogP contribution in [0.3, 0.4) is 0 Å². The first-order valence-electron chi connectivity index (χ1n) is 11.8. The molecule has 33 heavy (non-hydrogen) atoms. The molecule has 5 rings (SSSR count). The summed E-state index contributed by atoms with van der Waals surface area (Å²) in [7, 11) is 0. The number of hydrogen-bond donors (Lipinski definition) is 1. The van der Waals surface area contributed by atoms with Crippen LogP contribution in [0, 0.1) is 11.3 Å². The highest BCUT2D eigenvalue weighted by Gasteiger charge is 2.52. The monoisotopic (exact) mass is 443 g/mol. The number of anilines is 3. The normalized spacial score (nSPS) is 20.2. The smallest absolute Gasteiger partial charge is 0.250 e. The summed E-state index contributed by atoms with van der Waals surface area (Å²) in [5.41, 5.74) is 2.54. The molecule has 2 aliphatic heterocycles. The summed E-state index contributed by atoms with van der Waals surface area (Å²) in [6.45, 7) is 3.66. The zero-order chi connectivity index (χ0) is 22.8. The van der Waals surface area contributed by atoms with Gasteiger partial charge in [0.05, 0.1) is 29.6 Å². The molecule has 0 atom stereocenters. The molecule has 2 aromatic carbocycles. The van der Waals surface area contributed by atoms with Crippen molar-refractivity contribution in [3.05, 3.63) is 54.1 Å². The summed E-state index contributed by atoms with van der Waals surface area (Å²) in [6, 6.07) is 17.5. The molecule has 0 unspecified atom stereocenters. The van der Waals surface area contributed by atoms with Gasteiger partial charge in [-0.05, 0) is 55.7 Å². The van der Waals surface area contributed by atoms with E-state index in [2.05, 4.69) is 21.2 Å². The molecule has 0 radical (unpaired) electrons. The molecule has 1 saturated heterocycles. The maximum absolute atomic E-state index is 13.7. The third-order valence-corrected chi connectivity index (χ3v) is 7.23. The number of rotatable bonds is 3. The Kier molecular flexibility index (Phi) is 5.77. The maximum atomic E-state index is 13.7. The summed E-state index contributed by atoms with van der Waals surface area (Å²) in [5.74, 6) is -0.0408. The third-order valence-electron chi connectivity index (χ3n) is 7.23. The Balaban J connectivity index is 1.32. The van der Waals surface area contributed by atoms with Gasteiger partial charge < -0.3 is 10.2 Å². The SMILES string of the molecule is N#Cc1ccc(N2CCCN(CC(=O)N3c4ccccc4NC(=O)C34CCCC4)CC2)cc1. The highest BCUT2D eigenvalue weighted by Crippen LogP contribution is 2.45. The first-order chi connectivity index (χ1) is 16.1. The van der Waals surface area contributed by atoms with Crippen molar-refractivity contribution >= 4 is 28.9 Å².